The van der Waals surface area contributed by atoms with Gasteiger partial charge in [0.05, 0.1) is 24.4 Å². The van der Waals surface area contributed by atoms with Gasteiger partial charge in [0.25, 0.3) is 5.91 Å². The highest BCUT2D eigenvalue weighted by atomic mass is 16.5. The van der Waals surface area contributed by atoms with Crippen LogP contribution in [0.4, 0.5) is 0 Å². The lowest BCUT2D eigenvalue weighted by molar-refractivity contribution is -0.123. The summed E-state index contributed by atoms with van der Waals surface area (Å²) in [5.41, 5.74) is 1.43. The molecule has 8 heteroatoms. The second-order valence-electron chi connectivity index (χ2n) is 7.65. The molecule has 0 atom stereocenters. The standard InChI is InChI=1S/C24H25N5O3/c1-2-29(17-25)24(15-31-16-24)12-13-26-23(30)21-14-20(27-28-21)19-10-6-7-11-22(19)32-18-8-4-3-5-9-18/h3-11,14H,2,12-13,15-16H2,1H3,(H,26,30)(H,27,28). The van der Waals surface area contributed by atoms with Crippen LogP contribution in [0.1, 0.15) is 23.8 Å². The SMILES string of the molecule is CCN(C#N)C1(CCNC(=O)c2cc(-c3ccccc3Oc3ccccc3)n[nH]2)COC1. The van der Waals surface area contributed by atoms with E-state index in [9.17, 15) is 10.1 Å². The number of likely N-dealkylation sites (N-methyl/N-ethyl adjacent to an activating group) is 1. The third kappa shape index (κ3) is 4.43. The van der Waals surface area contributed by atoms with Crippen LogP contribution >= 0.6 is 0 Å². The molecule has 2 heterocycles. The average Bonchev–Trinajstić information content (AvgIpc) is 3.29. The van der Waals surface area contributed by atoms with Crippen molar-refractivity contribution in [2.45, 2.75) is 18.9 Å². The molecule has 3 aromatic rings. The van der Waals surface area contributed by atoms with Crippen LogP contribution < -0.4 is 10.1 Å². The van der Waals surface area contributed by atoms with Crippen LogP contribution in [0, 0.1) is 11.5 Å². The number of hydrogen-bond acceptors (Lipinski definition) is 6. The molecule has 0 bridgehead atoms. The molecule has 0 radical (unpaired) electrons. The second kappa shape index (κ2) is 9.54. The van der Waals surface area contributed by atoms with Gasteiger partial charge in [0.15, 0.2) is 6.19 Å². The van der Waals surface area contributed by atoms with Gasteiger partial charge in [-0.1, -0.05) is 30.3 Å². The van der Waals surface area contributed by atoms with Gasteiger partial charge in [0, 0.05) is 18.7 Å². The van der Waals surface area contributed by atoms with Crippen molar-refractivity contribution in [1.29, 1.82) is 5.26 Å². The number of rotatable bonds is 9. The summed E-state index contributed by atoms with van der Waals surface area (Å²) in [7, 11) is 0. The predicted molar refractivity (Wildman–Crippen MR) is 119 cm³/mol. The number of para-hydroxylation sites is 2. The van der Waals surface area contributed by atoms with E-state index in [1.165, 1.54) is 0 Å². The van der Waals surface area contributed by atoms with E-state index < -0.39 is 0 Å². The number of hydrogen-bond donors (Lipinski definition) is 2. The van der Waals surface area contributed by atoms with Gasteiger partial charge >= 0.3 is 0 Å². The molecule has 0 spiro atoms. The first-order valence-corrected chi connectivity index (χ1v) is 10.6. The zero-order valence-electron chi connectivity index (χ0n) is 17.9. The molecule has 1 aliphatic heterocycles. The molecular weight excluding hydrogens is 406 g/mol. The zero-order valence-corrected chi connectivity index (χ0v) is 17.9. The van der Waals surface area contributed by atoms with Gasteiger partial charge in [0.2, 0.25) is 0 Å². The fourth-order valence-corrected chi connectivity index (χ4v) is 3.75. The lowest BCUT2D eigenvalue weighted by Crippen LogP contribution is -2.61. The van der Waals surface area contributed by atoms with Crippen LogP contribution in [0.15, 0.2) is 60.7 Å². The van der Waals surface area contributed by atoms with Gasteiger partial charge in [-0.15, -0.1) is 0 Å². The minimum Gasteiger partial charge on any atom is -0.457 e. The maximum absolute atomic E-state index is 12.6. The van der Waals surface area contributed by atoms with Gasteiger partial charge in [-0.05, 0) is 43.7 Å². The van der Waals surface area contributed by atoms with Gasteiger partial charge in [-0.3, -0.25) is 9.89 Å². The number of nitriles is 1. The number of carbonyl (C=O) groups excluding carboxylic acids is 1. The van der Waals surface area contributed by atoms with E-state index in [2.05, 4.69) is 21.7 Å². The van der Waals surface area contributed by atoms with Crippen molar-refractivity contribution in [2.24, 2.45) is 0 Å². The molecule has 0 aliphatic carbocycles. The maximum Gasteiger partial charge on any atom is 0.269 e. The van der Waals surface area contributed by atoms with E-state index >= 15 is 0 Å². The number of nitrogens with zero attached hydrogens (tertiary/aromatic N) is 3. The molecule has 1 fully saturated rings. The normalized spacial score (nSPS) is 14.1. The molecular formula is C24H25N5O3. The third-order valence-corrected chi connectivity index (χ3v) is 5.58. The zero-order chi connectivity index (χ0) is 22.4. The van der Waals surface area contributed by atoms with Crippen molar-refractivity contribution < 1.29 is 14.3 Å². The minimum atomic E-state index is -0.330. The Morgan fingerprint density at radius 1 is 1.25 bits per heavy atom. The molecule has 0 unspecified atom stereocenters. The smallest absolute Gasteiger partial charge is 0.269 e. The Labute approximate surface area is 186 Å². The summed E-state index contributed by atoms with van der Waals surface area (Å²) < 4.78 is 11.3. The highest BCUT2D eigenvalue weighted by molar-refractivity contribution is 5.93. The van der Waals surface area contributed by atoms with E-state index in [0.29, 0.717) is 49.9 Å². The Bertz CT molecular complexity index is 1100. The van der Waals surface area contributed by atoms with Crippen LogP contribution in [0.25, 0.3) is 11.3 Å². The quantitative estimate of drug-likeness (QED) is 0.397. The lowest BCUT2D eigenvalue weighted by atomic mass is 9.91. The Balaban J connectivity index is 1.41. The summed E-state index contributed by atoms with van der Waals surface area (Å²) in [5.74, 6) is 1.13. The maximum atomic E-state index is 12.6. The first-order valence-electron chi connectivity index (χ1n) is 10.6. The Morgan fingerprint density at radius 3 is 2.69 bits per heavy atom. The second-order valence-corrected chi connectivity index (χ2v) is 7.65. The highest BCUT2D eigenvalue weighted by Gasteiger charge is 2.43. The van der Waals surface area contributed by atoms with Crippen LogP contribution in [0.2, 0.25) is 0 Å². The fourth-order valence-electron chi connectivity index (χ4n) is 3.75. The molecule has 1 aliphatic rings. The van der Waals surface area contributed by atoms with Gasteiger partial charge in [-0.2, -0.15) is 10.4 Å². The molecule has 1 saturated heterocycles. The molecule has 2 N–H and O–H groups in total. The number of benzene rings is 2. The van der Waals surface area contributed by atoms with E-state index in [1.54, 1.807) is 11.0 Å². The summed E-state index contributed by atoms with van der Waals surface area (Å²) >= 11 is 0. The number of ether oxygens (including phenoxy) is 2. The Morgan fingerprint density at radius 2 is 2.00 bits per heavy atom. The molecule has 32 heavy (non-hydrogen) atoms. The average molecular weight is 431 g/mol. The van der Waals surface area contributed by atoms with Crippen molar-refractivity contribution in [3.8, 4) is 28.9 Å². The monoisotopic (exact) mass is 431 g/mol. The number of H-pyrrole nitrogens is 1. The predicted octanol–water partition coefficient (Wildman–Crippen LogP) is 3.56. The van der Waals surface area contributed by atoms with Crippen molar-refractivity contribution in [3.05, 3.63) is 66.4 Å². The van der Waals surface area contributed by atoms with Crippen molar-refractivity contribution in [2.75, 3.05) is 26.3 Å². The van der Waals surface area contributed by atoms with E-state index in [4.69, 9.17) is 9.47 Å². The number of carbonyl (C=O) groups is 1. The van der Waals surface area contributed by atoms with Crippen molar-refractivity contribution in [1.82, 2.24) is 20.4 Å². The summed E-state index contributed by atoms with van der Waals surface area (Å²) in [5, 5.41) is 19.4. The largest absolute Gasteiger partial charge is 0.457 e. The first kappa shape index (κ1) is 21.4. The molecule has 8 nitrogen and oxygen atoms in total. The number of aromatic nitrogens is 2. The summed E-state index contributed by atoms with van der Waals surface area (Å²) in [6, 6.07) is 18.8. The van der Waals surface area contributed by atoms with E-state index in [0.717, 1.165) is 11.3 Å². The molecule has 2 aromatic carbocycles. The van der Waals surface area contributed by atoms with Crippen molar-refractivity contribution >= 4 is 5.91 Å². The number of amides is 1. The molecule has 164 valence electrons. The molecule has 1 aromatic heterocycles. The number of nitrogens with one attached hydrogen (secondary N) is 2. The summed E-state index contributed by atoms with van der Waals surface area (Å²) in [6.45, 7) is 3.98. The van der Waals surface area contributed by atoms with Crippen LogP contribution in [0.5, 0.6) is 11.5 Å². The summed E-state index contributed by atoms with van der Waals surface area (Å²) in [4.78, 5) is 14.4. The lowest BCUT2D eigenvalue weighted by Gasteiger charge is -2.46. The van der Waals surface area contributed by atoms with Gasteiger partial charge in [0.1, 0.15) is 17.2 Å². The Kier molecular flexibility index (Phi) is 6.38. The summed E-state index contributed by atoms with van der Waals surface area (Å²) in [6.07, 6.45) is 2.85. The van der Waals surface area contributed by atoms with Gasteiger partial charge in [-0.25, -0.2) is 0 Å². The van der Waals surface area contributed by atoms with Crippen LogP contribution in [0.3, 0.4) is 0 Å². The minimum absolute atomic E-state index is 0.249. The topological polar surface area (TPSA) is 103 Å². The van der Waals surface area contributed by atoms with Crippen molar-refractivity contribution in [3.63, 3.8) is 0 Å². The molecule has 1 amide bonds. The molecule has 0 saturated carbocycles. The fraction of sp³-hybridized carbons (Fsp3) is 0.292. The first-order chi connectivity index (χ1) is 15.6. The van der Waals surface area contributed by atoms with E-state index in [-0.39, 0.29) is 11.4 Å². The van der Waals surface area contributed by atoms with Crippen LogP contribution in [-0.4, -0.2) is 52.8 Å². The molecule has 4 rings (SSSR count). The van der Waals surface area contributed by atoms with Crippen LogP contribution in [-0.2, 0) is 4.74 Å². The van der Waals surface area contributed by atoms with E-state index in [1.807, 2.05) is 61.5 Å². The highest BCUT2D eigenvalue weighted by Crippen LogP contribution is 2.32. The number of aromatic amines is 1. The van der Waals surface area contributed by atoms with Gasteiger partial charge < -0.3 is 19.7 Å². The third-order valence-electron chi connectivity index (χ3n) is 5.58. The Hall–Kier alpha value is -3.83.